The fraction of sp³-hybridized carbons (Fsp3) is 0.364. The van der Waals surface area contributed by atoms with Gasteiger partial charge in [-0.25, -0.2) is 4.98 Å². The highest BCUT2D eigenvalue weighted by atomic mass is 32.1. The first-order valence-electron chi connectivity index (χ1n) is 5.23. The van der Waals surface area contributed by atoms with Gasteiger partial charge in [0, 0.05) is 13.2 Å². The van der Waals surface area contributed by atoms with Crippen LogP contribution in [0, 0.1) is 20.8 Å². The van der Waals surface area contributed by atoms with E-state index in [0.29, 0.717) is 4.88 Å². The van der Waals surface area contributed by atoms with E-state index in [1.807, 2.05) is 27.8 Å². The van der Waals surface area contributed by atoms with Crippen molar-refractivity contribution in [2.45, 2.75) is 20.8 Å². The summed E-state index contributed by atoms with van der Waals surface area (Å²) in [6, 6.07) is 0. The first-order valence-corrected chi connectivity index (χ1v) is 6.04. The fourth-order valence-corrected chi connectivity index (χ4v) is 2.46. The number of nitrogens with one attached hydrogen (secondary N) is 1. The quantitative estimate of drug-likeness (QED) is 0.887. The molecule has 0 aromatic carbocycles. The number of nitrogens with zero attached hydrogens (tertiary/aromatic N) is 3. The van der Waals surface area contributed by atoms with Crippen LogP contribution in [-0.4, -0.2) is 20.7 Å². The van der Waals surface area contributed by atoms with Crippen LogP contribution in [0.25, 0.3) is 0 Å². The summed E-state index contributed by atoms with van der Waals surface area (Å²) in [5.41, 5.74) is 2.31. The third-order valence-electron chi connectivity index (χ3n) is 2.37. The van der Waals surface area contributed by atoms with Gasteiger partial charge >= 0.3 is 0 Å². The SMILES string of the molecule is Cc1nc(C)c(C(=O)Nc2cn(C)nc2C)s1. The zero-order chi connectivity index (χ0) is 12.6. The molecule has 0 radical (unpaired) electrons. The second-order valence-electron chi connectivity index (χ2n) is 3.90. The largest absolute Gasteiger partial charge is 0.318 e. The molecule has 2 rings (SSSR count). The summed E-state index contributed by atoms with van der Waals surface area (Å²) in [4.78, 5) is 16.9. The van der Waals surface area contributed by atoms with Gasteiger partial charge in [-0.3, -0.25) is 9.48 Å². The lowest BCUT2D eigenvalue weighted by atomic mass is 10.3. The topological polar surface area (TPSA) is 59.8 Å². The summed E-state index contributed by atoms with van der Waals surface area (Å²) in [7, 11) is 1.82. The first-order chi connectivity index (χ1) is 7.97. The van der Waals surface area contributed by atoms with Gasteiger partial charge in [-0.05, 0) is 20.8 Å². The van der Waals surface area contributed by atoms with E-state index in [-0.39, 0.29) is 5.91 Å². The molecule has 6 heteroatoms. The summed E-state index contributed by atoms with van der Waals surface area (Å²) in [6.45, 7) is 5.60. The van der Waals surface area contributed by atoms with Crippen LogP contribution in [-0.2, 0) is 7.05 Å². The van der Waals surface area contributed by atoms with Crippen molar-refractivity contribution in [3.05, 3.63) is 27.5 Å². The van der Waals surface area contributed by atoms with Gasteiger partial charge in [-0.2, -0.15) is 5.10 Å². The second-order valence-corrected chi connectivity index (χ2v) is 5.11. The number of hydrogen-bond donors (Lipinski definition) is 1. The summed E-state index contributed by atoms with van der Waals surface area (Å²) in [5.74, 6) is -0.121. The molecule has 90 valence electrons. The van der Waals surface area contributed by atoms with Crippen LogP contribution in [0.1, 0.15) is 26.1 Å². The molecule has 0 aliphatic rings. The Hall–Kier alpha value is -1.69. The summed E-state index contributed by atoms with van der Waals surface area (Å²) < 4.78 is 1.68. The lowest BCUT2D eigenvalue weighted by molar-refractivity contribution is 0.102. The number of rotatable bonds is 2. The Morgan fingerprint density at radius 3 is 2.53 bits per heavy atom. The smallest absolute Gasteiger partial charge is 0.267 e. The second kappa shape index (κ2) is 4.29. The molecule has 17 heavy (non-hydrogen) atoms. The molecule has 0 bridgehead atoms. The molecule has 1 amide bonds. The number of carbonyl (C=O) groups excluding carboxylic acids is 1. The predicted octanol–water partition coefficient (Wildman–Crippen LogP) is 2.05. The van der Waals surface area contributed by atoms with Crippen molar-refractivity contribution in [3.63, 3.8) is 0 Å². The molecular formula is C11H14N4OS. The number of anilines is 1. The van der Waals surface area contributed by atoms with Gasteiger partial charge < -0.3 is 5.32 Å². The Morgan fingerprint density at radius 1 is 1.35 bits per heavy atom. The summed E-state index contributed by atoms with van der Waals surface area (Å²) in [6.07, 6.45) is 1.79. The molecule has 0 spiro atoms. The summed E-state index contributed by atoms with van der Waals surface area (Å²) >= 11 is 1.40. The molecule has 0 aliphatic carbocycles. The molecule has 0 saturated carbocycles. The van der Waals surface area contributed by atoms with Crippen LogP contribution in [0.15, 0.2) is 6.20 Å². The van der Waals surface area contributed by atoms with Crippen molar-refractivity contribution in [3.8, 4) is 0 Å². The molecule has 1 N–H and O–H groups in total. The number of amides is 1. The van der Waals surface area contributed by atoms with Crippen molar-refractivity contribution in [2.24, 2.45) is 7.05 Å². The van der Waals surface area contributed by atoms with Crippen LogP contribution in [0.5, 0.6) is 0 Å². The number of hydrogen-bond acceptors (Lipinski definition) is 4. The average molecular weight is 250 g/mol. The highest BCUT2D eigenvalue weighted by Gasteiger charge is 2.15. The van der Waals surface area contributed by atoms with E-state index in [1.54, 1.807) is 10.9 Å². The van der Waals surface area contributed by atoms with E-state index >= 15 is 0 Å². The van der Waals surface area contributed by atoms with Crippen molar-refractivity contribution in [1.29, 1.82) is 0 Å². The Bertz CT molecular complexity index is 570. The van der Waals surface area contributed by atoms with E-state index in [9.17, 15) is 4.79 Å². The molecule has 2 heterocycles. The fourth-order valence-electron chi connectivity index (χ4n) is 1.64. The molecule has 0 saturated heterocycles. The highest BCUT2D eigenvalue weighted by molar-refractivity contribution is 7.13. The zero-order valence-electron chi connectivity index (χ0n) is 10.2. The molecule has 2 aromatic rings. The normalized spacial score (nSPS) is 10.6. The maximum absolute atomic E-state index is 12.0. The van der Waals surface area contributed by atoms with E-state index < -0.39 is 0 Å². The molecule has 0 fully saturated rings. The minimum absolute atomic E-state index is 0.121. The Morgan fingerprint density at radius 2 is 2.06 bits per heavy atom. The van der Waals surface area contributed by atoms with Gasteiger partial charge in [0.2, 0.25) is 0 Å². The van der Waals surface area contributed by atoms with Gasteiger partial charge in [-0.1, -0.05) is 0 Å². The van der Waals surface area contributed by atoms with E-state index in [4.69, 9.17) is 0 Å². The number of thiazole rings is 1. The molecule has 0 aliphatic heterocycles. The molecule has 0 atom stereocenters. The molecule has 2 aromatic heterocycles. The van der Waals surface area contributed by atoms with Gasteiger partial charge in [0.15, 0.2) is 0 Å². The van der Waals surface area contributed by atoms with Gasteiger partial charge in [0.25, 0.3) is 5.91 Å². The number of aromatic nitrogens is 3. The van der Waals surface area contributed by atoms with Crippen LogP contribution in [0.2, 0.25) is 0 Å². The van der Waals surface area contributed by atoms with E-state index in [2.05, 4.69) is 15.4 Å². The standard InChI is InChI=1S/C11H14N4OS/c1-6-9(5-15(4)14-6)13-11(16)10-7(2)12-8(3)17-10/h5H,1-4H3,(H,13,16). The van der Waals surface area contributed by atoms with E-state index in [1.165, 1.54) is 11.3 Å². The van der Waals surface area contributed by atoms with E-state index in [0.717, 1.165) is 22.1 Å². The highest BCUT2D eigenvalue weighted by Crippen LogP contribution is 2.20. The van der Waals surface area contributed by atoms with Crippen LogP contribution in [0.3, 0.4) is 0 Å². The van der Waals surface area contributed by atoms with Crippen LogP contribution < -0.4 is 5.32 Å². The average Bonchev–Trinajstić information content (AvgIpc) is 2.70. The maximum Gasteiger partial charge on any atom is 0.267 e. The van der Waals surface area contributed by atoms with Crippen molar-refractivity contribution in [1.82, 2.24) is 14.8 Å². The maximum atomic E-state index is 12.0. The van der Waals surface area contributed by atoms with Crippen LogP contribution >= 0.6 is 11.3 Å². The Balaban J connectivity index is 2.22. The lowest BCUT2D eigenvalue weighted by Crippen LogP contribution is -2.11. The first kappa shape index (κ1) is 11.8. The van der Waals surface area contributed by atoms with Crippen molar-refractivity contribution < 1.29 is 4.79 Å². The molecular weight excluding hydrogens is 236 g/mol. The minimum Gasteiger partial charge on any atom is -0.318 e. The Kier molecular flexibility index (Phi) is 2.97. The Labute approximate surface area is 103 Å². The van der Waals surface area contributed by atoms with Crippen molar-refractivity contribution >= 4 is 22.9 Å². The van der Waals surface area contributed by atoms with Gasteiger partial charge in [0.1, 0.15) is 4.88 Å². The monoisotopic (exact) mass is 250 g/mol. The number of aryl methyl sites for hydroxylation is 4. The zero-order valence-corrected chi connectivity index (χ0v) is 11.1. The van der Waals surface area contributed by atoms with Crippen molar-refractivity contribution in [2.75, 3.05) is 5.32 Å². The molecule has 0 unspecified atom stereocenters. The van der Waals surface area contributed by atoms with Gasteiger partial charge in [0.05, 0.1) is 22.1 Å². The third-order valence-corrected chi connectivity index (χ3v) is 3.44. The van der Waals surface area contributed by atoms with Crippen LogP contribution in [0.4, 0.5) is 5.69 Å². The lowest BCUT2D eigenvalue weighted by Gasteiger charge is -2.01. The third kappa shape index (κ3) is 2.36. The summed E-state index contributed by atoms with van der Waals surface area (Å²) in [5, 5.41) is 7.92. The van der Waals surface area contributed by atoms with Gasteiger partial charge in [-0.15, -0.1) is 11.3 Å². The molecule has 5 nitrogen and oxygen atoms in total. The predicted molar refractivity (Wildman–Crippen MR) is 67.5 cm³/mol. The number of carbonyl (C=O) groups is 1. The minimum atomic E-state index is -0.121.